The van der Waals surface area contributed by atoms with Crippen LogP contribution in [-0.2, 0) is 25.7 Å². The van der Waals surface area contributed by atoms with Crippen LogP contribution in [0.4, 0.5) is 17.6 Å². The monoisotopic (exact) mass is 560 g/mol. The van der Waals surface area contributed by atoms with Crippen molar-refractivity contribution < 1.29 is 0 Å². The van der Waals surface area contributed by atoms with Gasteiger partial charge in [-0.2, -0.15) is 9.67 Å². The van der Waals surface area contributed by atoms with E-state index in [0.717, 1.165) is 61.2 Å². The van der Waals surface area contributed by atoms with E-state index < -0.39 is 0 Å². The summed E-state index contributed by atoms with van der Waals surface area (Å²) in [5.74, 6) is 4.31. The number of nitrogen functional groups attached to an aromatic ring is 1. The van der Waals surface area contributed by atoms with Crippen molar-refractivity contribution >= 4 is 17.6 Å². The van der Waals surface area contributed by atoms with E-state index in [1.54, 1.807) is 4.68 Å². The Morgan fingerprint density at radius 1 is 0.833 bits per heavy atom. The topological polar surface area (TPSA) is 107 Å². The summed E-state index contributed by atoms with van der Waals surface area (Å²) in [6.07, 6.45) is 13.6. The molecule has 0 aliphatic heterocycles. The molecule has 0 amide bonds. The van der Waals surface area contributed by atoms with Gasteiger partial charge in [-0.1, -0.05) is 36.8 Å². The van der Waals surface area contributed by atoms with Crippen LogP contribution in [0.5, 0.6) is 0 Å². The van der Waals surface area contributed by atoms with Gasteiger partial charge in [0.25, 0.3) is 0 Å². The fourth-order valence-electron chi connectivity index (χ4n) is 8.21. The first-order valence-electron chi connectivity index (χ1n) is 16.0. The Labute approximate surface area is 247 Å². The Morgan fingerprint density at radius 3 is 2.60 bits per heavy atom. The molecule has 4 aliphatic carbocycles. The molecule has 8 heteroatoms. The number of hydrogen-bond acceptors (Lipinski definition) is 7. The van der Waals surface area contributed by atoms with E-state index in [-0.39, 0.29) is 5.95 Å². The van der Waals surface area contributed by atoms with Crippen molar-refractivity contribution in [3.63, 3.8) is 0 Å². The number of nitrogens with zero attached hydrogens (tertiary/aromatic N) is 5. The lowest BCUT2D eigenvalue weighted by Crippen LogP contribution is -2.35. The zero-order chi connectivity index (χ0) is 28.0. The number of fused-ring (bicyclic) bond motifs is 6. The fourth-order valence-corrected chi connectivity index (χ4v) is 8.21. The molecule has 2 fully saturated rings. The molecule has 2 bridgehead atoms. The Balaban J connectivity index is 0.980. The lowest BCUT2D eigenvalue weighted by Gasteiger charge is -2.25. The van der Waals surface area contributed by atoms with Crippen molar-refractivity contribution in [2.45, 2.75) is 76.7 Å². The molecule has 4 aromatic rings. The van der Waals surface area contributed by atoms with Gasteiger partial charge >= 0.3 is 0 Å². The van der Waals surface area contributed by atoms with Gasteiger partial charge in [0.05, 0.1) is 5.69 Å². The average Bonchev–Trinajstić information content (AvgIpc) is 3.65. The molecule has 8 nitrogen and oxygen atoms in total. The van der Waals surface area contributed by atoms with E-state index in [1.165, 1.54) is 72.9 Å². The second-order valence-electron chi connectivity index (χ2n) is 13.0. The largest absolute Gasteiger partial charge is 0.366 e. The number of nitrogens with two attached hydrogens (primary N) is 1. The molecule has 0 radical (unpaired) electrons. The maximum Gasteiger partial charge on any atom is 0.241 e. The highest BCUT2D eigenvalue weighted by Crippen LogP contribution is 2.48. The number of benzene rings is 2. The SMILES string of the molecule is Nc1nc(Nc2ccc3c(c2)CCC(NCC2CC4CCC2C4)CC3)n(-c2cc3c(nn2)-c2ccccc2CCC3)n1. The van der Waals surface area contributed by atoms with Gasteiger partial charge in [-0.3, -0.25) is 0 Å². The van der Waals surface area contributed by atoms with Crippen molar-refractivity contribution in [3.05, 3.63) is 70.8 Å². The van der Waals surface area contributed by atoms with Gasteiger partial charge < -0.3 is 16.4 Å². The maximum atomic E-state index is 6.10. The minimum absolute atomic E-state index is 0.207. The Morgan fingerprint density at radius 2 is 1.71 bits per heavy atom. The van der Waals surface area contributed by atoms with Crippen molar-refractivity contribution in [1.29, 1.82) is 0 Å². The second kappa shape index (κ2) is 10.8. The van der Waals surface area contributed by atoms with Gasteiger partial charge in [-0.05, 0) is 129 Å². The molecular weight excluding hydrogens is 520 g/mol. The van der Waals surface area contributed by atoms with Crippen molar-refractivity contribution in [1.82, 2.24) is 30.3 Å². The number of aromatic nitrogens is 5. The van der Waals surface area contributed by atoms with Crippen LogP contribution in [0.25, 0.3) is 17.1 Å². The van der Waals surface area contributed by atoms with Crippen molar-refractivity contribution in [3.8, 4) is 17.1 Å². The van der Waals surface area contributed by atoms with Gasteiger partial charge in [0.2, 0.25) is 11.9 Å². The van der Waals surface area contributed by atoms with E-state index in [0.29, 0.717) is 17.8 Å². The third-order valence-corrected chi connectivity index (χ3v) is 10.4. The summed E-state index contributed by atoms with van der Waals surface area (Å²) in [5.41, 5.74) is 14.6. The van der Waals surface area contributed by atoms with E-state index in [2.05, 4.69) is 79.4 Å². The fraction of sp³-hybridized carbons (Fsp3) is 0.471. The van der Waals surface area contributed by atoms with Gasteiger partial charge in [-0.25, -0.2) is 0 Å². The average molecular weight is 561 g/mol. The van der Waals surface area contributed by atoms with Crippen LogP contribution in [0.3, 0.4) is 0 Å². The highest BCUT2D eigenvalue weighted by atomic mass is 15.5. The third kappa shape index (κ3) is 4.96. The highest BCUT2D eigenvalue weighted by Gasteiger charge is 2.39. The summed E-state index contributed by atoms with van der Waals surface area (Å²) in [7, 11) is 0. The minimum Gasteiger partial charge on any atom is -0.366 e. The molecule has 0 saturated heterocycles. The Kier molecular flexibility index (Phi) is 6.66. The molecule has 42 heavy (non-hydrogen) atoms. The normalized spacial score (nSPS) is 24.4. The van der Waals surface area contributed by atoms with Crippen LogP contribution in [0.2, 0.25) is 0 Å². The molecular formula is C34H40N8. The number of aryl methyl sites for hydroxylation is 4. The predicted octanol–water partition coefficient (Wildman–Crippen LogP) is 5.81. The summed E-state index contributed by atoms with van der Waals surface area (Å²) in [4.78, 5) is 4.51. The molecule has 4 unspecified atom stereocenters. The van der Waals surface area contributed by atoms with Crippen molar-refractivity contribution in [2.75, 3.05) is 17.6 Å². The van der Waals surface area contributed by atoms with E-state index in [9.17, 15) is 0 Å². The first kappa shape index (κ1) is 25.9. The second-order valence-corrected chi connectivity index (χ2v) is 13.0. The van der Waals surface area contributed by atoms with Crippen LogP contribution in [-0.4, -0.2) is 37.5 Å². The molecule has 4 aliphatic rings. The maximum absolute atomic E-state index is 6.10. The zero-order valence-electron chi connectivity index (χ0n) is 24.2. The molecule has 216 valence electrons. The smallest absolute Gasteiger partial charge is 0.241 e. The van der Waals surface area contributed by atoms with Gasteiger partial charge in [0.15, 0.2) is 5.82 Å². The molecule has 2 aromatic heterocycles. The molecule has 0 spiro atoms. The third-order valence-electron chi connectivity index (χ3n) is 10.4. The van der Waals surface area contributed by atoms with Gasteiger partial charge in [0.1, 0.15) is 0 Å². The first-order valence-corrected chi connectivity index (χ1v) is 16.0. The molecule has 2 aromatic carbocycles. The lowest BCUT2D eigenvalue weighted by atomic mass is 9.88. The van der Waals surface area contributed by atoms with Crippen LogP contribution in [0, 0.1) is 17.8 Å². The number of nitrogens with one attached hydrogen (secondary N) is 2. The lowest BCUT2D eigenvalue weighted by molar-refractivity contribution is 0.299. The molecule has 2 saturated carbocycles. The van der Waals surface area contributed by atoms with Crippen molar-refractivity contribution in [2.24, 2.45) is 17.8 Å². The van der Waals surface area contributed by atoms with Gasteiger partial charge in [0, 0.05) is 17.3 Å². The van der Waals surface area contributed by atoms with Crippen LogP contribution < -0.4 is 16.4 Å². The summed E-state index contributed by atoms with van der Waals surface area (Å²) < 4.78 is 1.68. The number of rotatable bonds is 6. The van der Waals surface area contributed by atoms with E-state index in [1.807, 2.05) is 0 Å². The number of hydrogen-bond donors (Lipinski definition) is 3. The molecule has 2 heterocycles. The zero-order valence-corrected chi connectivity index (χ0v) is 24.2. The first-order chi connectivity index (χ1) is 20.7. The molecule has 4 N–H and O–H groups in total. The standard InChI is InChI=1S/C34H40N8/c35-33-38-34(42(41-33)31-19-26-6-3-5-23-4-1-2-7-30(23)32(26)40-39-31)37-29-15-11-22-10-13-28(14-12-25(22)18-29)36-20-27-17-21-8-9-24(27)16-21/h1-2,4,7,11,15,18-19,21,24,27-28,36H,3,5-6,8-10,12-14,16-17,20H2,(H3,35,37,38,41). The van der Waals surface area contributed by atoms with Crippen LogP contribution in [0.1, 0.15) is 67.2 Å². The summed E-state index contributed by atoms with van der Waals surface area (Å²) in [6, 6.07) is 17.9. The summed E-state index contributed by atoms with van der Waals surface area (Å²) >= 11 is 0. The van der Waals surface area contributed by atoms with Crippen LogP contribution >= 0.6 is 0 Å². The minimum atomic E-state index is 0.207. The molecule has 8 rings (SSSR count). The summed E-state index contributed by atoms with van der Waals surface area (Å²) in [5, 5.41) is 21.2. The van der Waals surface area contributed by atoms with Crippen LogP contribution in [0.15, 0.2) is 48.5 Å². The molecule has 4 atom stereocenters. The van der Waals surface area contributed by atoms with Gasteiger partial charge in [-0.15, -0.1) is 15.3 Å². The van der Waals surface area contributed by atoms with E-state index in [4.69, 9.17) is 5.73 Å². The number of anilines is 3. The summed E-state index contributed by atoms with van der Waals surface area (Å²) in [6.45, 7) is 1.21. The predicted molar refractivity (Wildman–Crippen MR) is 166 cm³/mol. The van der Waals surface area contributed by atoms with E-state index >= 15 is 0 Å². The Hall–Kier alpha value is -3.78. The Bertz CT molecular complexity index is 1610. The quantitative estimate of drug-likeness (QED) is 0.256. The highest BCUT2D eigenvalue weighted by molar-refractivity contribution is 5.68.